The minimum Gasteiger partial charge on any atom is -0.368 e. The zero-order valence-corrected chi connectivity index (χ0v) is 12.3. The van der Waals surface area contributed by atoms with Gasteiger partial charge in [-0.3, -0.25) is 9.59 Å². The van der Waals surface area contributed by atoms with E-state index in [-0.39, 0.29) is 12.5 Å². The highest BCUT2D eigenvalue weighted by molar-refractivity contribution is 5.96. The SMILES string of the molecule is C\C=C/C=C(\C=C/C)c1ccc(C(=O)NCC(N)=O)cc1. The van der Waals surface area contributed by atoms with E-state index in [0.717, 1.165) is 11.1 Å². The minimum absolute atomic E-state index is 0.161. The average molecular weight is 284 g/mol. The van der Waals surface area contributed by atoms with Crippen LogP contribution in [0.25, 0.3) is 5.57 Å². The summed E-state index contributed by atoms with van der Waals surface area (Å²) < 4.78 is 0. The second kappa shape index (κ2) is 8.53. The van der Waals surface area contributed by atoms with Crippen LogP contribution in [-0.2, 0) is 4.79 Å². The van der Waals surface area contributed by atoms with Crippen LogP contribution >= 0.6 is 0 Å². The van der Waals surface area contributed by atoms with Crippen molar-refractivity contribution < 1.29 is 9.59 Å². The molecule has 0 aliphatic heterocycles. The van der Waals surface area contributed by atoms with Crippen LogP contribution in [0.1, 0.15) is 29.8 Å². The number of amides is 2. The Morgan fingerprint density at radius 1 is 1.10 bits per heavy atom. The first-order valence-corrected chi connectivity index (χ1v) is 6.71. The largest absolute Gasteiger partial charge is 0.368 e. The Bertz CT molecular complexity index is 581. The fourth-order valence-electron chi connectivity index (χ4n) is 1.71. The highest BCUT2D eigenvalue weighted by Gasteiger charge is 2.06. The van der Waals surface area contributed by atoms with Gasteiger partial charge in [0.1, 0.15) is 0 Å². The first kappa shape index (κ1) is 16.4. The van der Waals surface area contributed by atoms with Crippen LogP contribution in [0, 0.1) is 0 Å². The molecule has 0 saturated heterocycles. The number of benzene rings is 1. The summed E-state index contributed by atoms with van der Waals surface area (Å²) in [5, 5.41) is 2.45. The van der Waals surface area contributed by atoms with Crippen molar-refractivity contribution in [2.75, 3.05) is 6.54 Å². The summed E-state index contributed by atoms with van der Waals surface area (Å²) >= 11 is 0. The summed E-state index contributed by atoms with van der Waals surface area (Å²) in [5.74, 6) is -0.880. The van der Waals surface area contributed by atoms with E-state index in [1.54, 1.807) is 12.1 Å². The zero-order valence-electron chi connectivity index (χ0n) is 12.3. The number of primary amides is 1. The van der Waals surface area contributed by atoms with Crippen LogP contribution in [0.4, 0.5) is 0 Å². The van der Waals surface area contributed by atoms with Crippen molar-refractivity contribution >= 4 is 17.4 Å². The topological polar surface area (TPSA) is 72.2 Å². The lowest BCUT2D eigenvalue weighted by Crippen LogP contribution is -2.33. The molecule has 0 fully saturated rings. The highest BCUT2D eigenvalue weighted by Crippen LogP contribution is 2.17. The van der Waals surface area contributed by atoms with Crippen molar-refractivity contribution in [3.8, 4) is 0 Å². The van der Waals surface area contributed by atoms with Gasteiger partial charge >= 0.3 is 0 Å². The summed E-state index contributed by atoms with van der Waals surface area (Å²) in [7, 11) is 0. The molecular formula is C17H20N2O2. The van der Waals surface area contributed by atoms with Crippen LogP contribution < -0.4 is 11.1 Å². The maximum Gasteiger partial charge on any atom is 0.251 e. The average Bonchev–Trinajstić information content (AvgIpc) is 2.49. The maximum absolute atomic E-state index is 11.8. The Kier molecular flexibility index (Phi) is 6.68. The number of carbonyl (C=O) groups excluding carboxylic acids is 2. The fraction of sp³-hybridized carbons (Fsp3) is 0.176. The molecule has 110 valence electrons. The third-order valence-corrected chi connectivity index (χ3v) is 2.72. The second-order valence-electron chi connectivity index (χ2n) is 4.37. The standard InChI is InChI=1S/C17H20N2O2/c1-3-5-7-13(6-4-2)14-8-10-15(11-9-14)17(21)19-12-16(18)20/h3-11H,12H2,1-2H3,(H2,18,20)(H,19,21)/b5-3-,6-4-,13-7+. The van der Waals surface area contributed by atoms with Crippen molar-refractivity contribution in [2.24, 2.45) is 5.73 Å². The summed E-state index contributed by atoms with van der Waals surface area (Å²) in [6.07, 6.45) is 9.88. The molecule has 0 atom stereocenters. The van der Waals surface area contributed by atoms with Gasteiger partial charge in [0.2, 0.25) is 5.91 Å². The van der Waals surface area contributed by atoms with Gasteiger partial charge in [-0.2, -0.15) is 0 Å². The van der Waals surface area contributed by atoms with Gasteiger partial charge in [-0.1, -0.05) is 42.5 Å². The van der Waals surface area contributed by atoms with Gasteiger partial charge in [-0.05, 0) is 37.1 Å². The fourth-order valence-corrected chi connectivity index (χ4v) is 1.71. The third-order valence-electron chi connectivity index (χ3n) is 2.72. The lowest BCUT2D eigenvalue weighted by Gasteiger charge is -2.05. The Hall–Kier alpha value is -2.62. The van der Waals surface area contributed by atoms with Gasteiger partial charge in [-0.25, -0.2) is 0 Å². The van der Waals surface area contributed by atoms with E-state index < -0.39 is 5.91 Å². The van der Waals surface area contributed by atoms with E-state index in [4.69, 9.17) is 5.73 Å². The van der Waals surface area contributed by atoms with Gasteiger partial charge in [0.15, 0.2) is 0 Å². The van der Waals surface area contributed by atoms with E-state index in [1.807, 2.05) is 56.4 Å². The van der Waals surface area contributed by atoms with Crippen molar-refractivity contribution in [3.05, 3.63) is 65.8 Å². The summed E-state index contributed by atoms with van der Waals surface area (Å²) in [4.78, 5) is 22.4. The quantitative estimate of drug-likeness (QED) is 0.787. The normalized spacial score (nSPS) is 12.0. The number of nitrogens with two attached hydrogens (primary N) is 1. The molecule has 2 amide bonds. The minimum atomic E-state index is -0.565. The summed E-state index contributed by atoms with van der Waals surface area (Å²) in [5.41, 5.74) is 7.55. The molecule has 21 heavy (non-hydrogen) atoms. The van der Waals surface area contributed by atoms with Crippen LogP contribution in [0.3, 0.4) is 0 Å². The second-order valence-corrected chi connectivity index (χ2v) is 4.37. The van der Waals surface area contributed by atoms with Gasteiger partial charge in [-0.15, -0.1) is 0 Å². The molecule has 0 saturated carbocycles. The first-order valence-electron chi connectivity index (χ1n) is 6.71. The molecule has 4 heteroatoms. The van der Waals surface area contributed by atoms with Crippen LogP contribution in [-0.4, -0.2) is 18.4 Å². The van der Waals surface area contributed by atoms with Gasteiger partial charge in [0, 0.05) is 5.56 Å². The molecular weight excluding hydrogens is 264 g/mol. The zero-order chi connectivity index (χ0) is 15.7. The molecule has 1 rings (SSSR count). The number of nitrogens with one attached hydrogen (secondary N) is 1. The summed E-state index contributed by atoms with van der Waals surface area (Å²) in [6.45, 7) is 3.75. The lowest BCUT2D eigenvalue weighted by atomic mass is 10.0. The van der Waals surface area contributed by atoms with Crippen molar-refractivity contribution in [1.29, 1.82) is 0 Å². The van der Waals surface area contributed by atoms with E-state index in [9.17, 15) is 9.59 Å². The molecule has 0 aliphatic carbocycles. The van der Waals surface area contributed by atoms with Crippen LogP contribution in [0.5, 0.6) is 0 Å². The van der Waals surface area contributed by atoms with Gasteiger partial charge in [0.05, 0.1) is 6.54 Å². The molecule has 1 aromatic carbocycles. The molecule has 4 nitrogen and oxygen atoms in total. The van der Waals surface area contributed by atoms with Gasteiger partial charge < -0.3 is 11.1 Å². The summed E-state index contributed by atoms with van der Waals surface area (Å²) in [6, 6.07) is 7.18. The molecule has 0 aromatic heterocycles. The van der Waals surface area contributed by atoms with Crippen molar-refractivity contribution in [3.63, 3.8) is 0 Å². The monoisotopic (exact) mass is 284 g/mol. The third kappa shape index (κ3) is 5.48. The van der Waals surface area contributed by atoms with E-state index in [0.29, 0.717) is 5.56 Å². The molecule has 3 N–H and O–H groups in total. The van der Waals surface area contributed by atoms with Crippen LogP contribution in [0.15, 0.2) is 54.6 Å². The number of hydrogen-bond acceptors (Lipinski definition) is 2. The Morgan fingerprint density at radius 3 is 2.24 bits per heavy atom. The number of hydrogen-bond donors (Lipinski definition) is 2. The van der Waals surface area contributed by atoms with Crippen LogP contribution in [0.2, 0.25) is 0 Å². The smallest absolute Gasteiger partial charge is 0.251 e. The predicted molar refractivity (Wildman–Crippen MR) is 85.6 cm³/mol. The molecule has 0 bridgehead atoms. The van der Waals surface area contributed by atoms with E-state index in [2.05, 4.69) is 5.32 Å². The number of rotatable bonds is 6. The number of allylic oxidation sites excluding steroid dienone is 6. The highest BCUT2D eigenvalue weighted by atomic mass is 16.2. The molecule has 0 heterocycles. The van der Waals surface area contributed by atoms with Crippen molar-refractivity contribution in [1.82, 2.24) is 5.32 Å². The lowest BCUT2D eigenvalue weighted by molar-refractivity contribution is -0.117. The maximum atomic E-state index is 11.8. The molecule has 0 unspecified atom stereocenters. The van der Waals surface area contributed by atoms with E-state index in [1.165, 1.54) is 0 Å². The number of carbonyl (C=O) groups is 2. The molecule has 0 spiro atoms. The Balaban J connectivity index is 2.90. The molecule has 1 aromatic rings. The molecule has 0 radical (unpaired) electrons. The predicted octanol–water partition coefficient (Wildman–Crippen LogP) is 2.44. The Morgan fingerprint density at radius 2 is 1.71 bits per heavy atom. The molecule has 0 aliphatic rings. The van der Waals surface area contributed by atoms with E-state index >= 15 is 0 Å². The Labute approximate surface area is 125 Å². The van der Waals surface area contributed by atoms with Crippen molar-refractivity contribution in [2.45, 2.75) is 13.8 Å². The van der Waals surface area contributed by atoms with Gasteiger partial charge in [0.25, 0.3) is 5.91 Å². The first-order chi connectivity index (χ1) is 10.1.